The smallest absolute Gasteiger partial charge is 0.404 e. The van der Waals surface area contributed by atoms with Crippen LogP contribution in [0.25, 0.3) is 0 Å². The third-order valence-corrected chi connectivity index (χ3v) is 1.65. The maximum atomic E-state index is 10.1. The summed E-state index contributed by atoms with van der Waals surface area (Å²) in [6.07, 6.45) is -0.967. The van der Waals surface area contributed by atoms with Crippen molar-refractivity contribution < 1.29 is 9.90 Å². The van der Waals surface area contributed by atoms with Gasteiger partial charge in [0.25, 0.3) is 0 Å². The van der Waals surface area contributed by atoms with Gasteiger partial charge in [-0.15, -0.1) is 0 Å². The van der Waals surface area contributed by atoms with E-state index in [9.17, 15) is 4.79 Å². The highest BCUT2D eigenvalue weighted by Gasteiger charge is 2.10. The summed E-state index contributed by atoms with van der Waals surface area (Å²) >= 11 is 0. The van der Waals surface area contributed by atoms with Crippen LogP contribution in [0.2, 0.25) is 0 Å². The molecule has 0 heterocycles. The van der Waals surface area contributed by atoms with Gasteiger partial charge in [0.1, 0.15) is 0 Å². The summed E-state index contributed by atoms with van der Waals surface area (Å²) in [6, 6.07) is 0.214. The molecule has 0 spiro atoms. The van der Waals surface area contributed by atoms with Gasteiger partial charge in [-0.25, -0.2) is 4.79 Å². The lowest BCUT2D eigenvalue weighted by Crippen LogP contribution is -2.41. The number of hydrogen-bond acceptors (Lipinski definition) is 2. The van der Waals surface area contributed by atoms with Gasteiger partial charge in [-0.3, -0.25) is 0 Å². The van der Waals surface area contributed by atoms with Crippen LogP contribution in [0.5, 0.6) is 0 Å². The van der Waals surface area contributed by atoms with Crippen LogP contribution in [0, 0.1) is 5.92 Å². The van der Waals surface area contributed by atoms with Gasteiger partial charge in [0, 0.05) is 12.6 Å². The van der Waals surface area contributed by atoms with Gasteiger partial charge < -0.3 is 15.7 Å². The Morgan fingerprint density at radius 3 is 2.36 bits per heavy atom. The number of hydrogen-bond donors (Lipinski definition) is 3. The van der Waals surface area contributed by atoms with E-state index < -0.39 is 6.09 Å². The largest absolute Gasteiger partial charge is 0.465 e. The molecule has 0 saturated heterocycles. The fourth-order valence-corrected chi connectivity index (χ4v) is 0.868. The molecule has 1 atom stereocenters. The van der Waals surface area contributed by atoms with E-state index in [0.717, 1.165) is 0 Å². The van der Waals surface area contributed by atoms with E-state index in [2.05, 4.69) is 10.6 Å². The highest BCUT2D eigenvalue weighted by atomic mass is 16.4. The summed E-state index contributed by atoms with van der Waals surface area (Å²) in [6.45, 7) is 4.55. The SMILES string of the molecule is CNC(CNC(=O)O)C(C)C. The molecule has 66 valence electrons. The van der Waals surface area contributed by atoms with Crippen molar-refractivity contribution in [3.63, 3.8) is 0 Å². The quantitative estimate of drug-likeness (QED) is 0.561. The Morgan fingerprint density at radius 1 is 1.55 bits per heavy atom. The highest BCUT2D eigenvalue weighted by Crippen LogP contribution is 1.98. The molecule has 4 nitrogen and oxygen atoms in total. The number of carbonyl (C=O) groups is 1. The third kappa shape index (κ3) is 4.61. The molecule has 1 unspecified atom stereocenters. The Morgan fingerprint density at radius 2 is 2.09 bits per heavy atom. The van der Waals surface area contributed by atoms with Gasteiger partial charge in [0.2, 0.25) is 0 Å². The highest BCUT2D eigenvalue weighted by molar-refractivity contribution is 5.64. The lowest BCUT2D eigenvalue weighted by atomic mass is 10.1. The summed E-state index contributed by atoms with van der Waals surface area (Å²) in [7, 11) is 1.83. The lowest BCUT2D eigenvalue weighted by molar-refractivity contribution is 0.192. The Kier molecular flexibility index (Phi) is 4.61. The van der Waals surface area contributed by atoms with Crippen LogP contribution in [0.1, 0.15) is 13.8 Å². The van der Waals surface area contributed by atoms with Crippen LogP contribution in [-0.2, 0) is 0 Å². The van der Waals surface area contributed by atoms with Gasteiger partial charge in [-0.1, -0.05) is 13.8 Å². The number of nitrogens with one attached hydrogen (secondary N) is 2. The van der Waals surface area contributed by atoms with Crippen molar-refractivity contribution in [3.8, 4) is 0 Å². The zero-order valence-corrected chi connectivity index (χ0v) is 7.22. The van der Waals surface area contributed by atoms with Crippen LogP contribution >= 0.6 is 0 Å². The predicted molar refractivity (Wildman–Crippen MR) is 43.7 cm³/mol. The van der Waals surface area contributed by atoms with Crippen molar-refractivity contribution in [2.24, 2.45) is 5.92 Å². The third-order valence-electron chi connectivity index (χ3n) is 1.65. The summed E-state index contributed by atoms with van der Waals surface area (Å²) in [5, 5.41) is 13.7. The number of carboxylic acid groups (broad SMARTS) is 1. The average molecular weight is 160 g/mol. The molecular formula is C7H16N2O2. The lowest BCUT2D eigenvalue weighted by Gasteiger charge is -2.19. The molecule has 0 aromatic rings. The van der Waals surface area contributed by atoms with Crippen LogP contribution in [-0.4, -0.2) is 30.8 Å². The van der Waals surface area contributed by atoms with Crippen LogP contribution < -0.4 is 10.6 Å². The molecule has 3 N–H and O–H groups in total. The van der Waals surface area contributed by atoms with E-state index >= 15 is 0 Å². The predicted octanol–water partition coefficient (Wildman–Crippen LogP) is 0.498. The summed E-state index contributed by atoms with van der Waals surface area (Å²) < 4.78 is 0. The second-order valence-corrected chi connectivity index (χ2v) is 2.83. The first-order valence-corrected chi connectivity index (χ1v) is 3.72. The van der Waals surface area contributed by atoms with E-state index in [0.29, 0.717) is 12.5 Å². The molecule has 0 radical (unpaired) electrons. The van der Waals surface area contributed by atoms with Gasteiger partial charge in [-0.2, -0.15) is 0 Å². The fraction of sp³-hybridized carbons (Fsp3) is 0.857. The van der Waals surface area contributed by atoms with E-state index in [-0.39, 0.29) is 6.04 Å². The molecule has 1 amide bonds. The molecular weight excluding hydrogens is 144 g/mol. The standard InChI is InChI=1S/C7H16N2O2/c1-5(2)6(8-3)4-9-7(10)11/h5-6,8-9H,4H2,1-3H3,(H,10,11). The van der Waals surface area contributed by atoms with Crippen molar-refractivity contribution in [2.45, 2.75) is 19.9 Å². The summed E-state index contributed by atoms with van der Waals surface area (Å²) in [4.78, 5) is 10.1. The first-order chi connectivity index (χ1) is 5.07. The molecule has 0 fully saturated rings. The second-order valence-electron chi connectivity index (χ2n) is 2.83. The molecule has 0 aromatic carbocycles. The number of amides is 1. The molecule has 0 aliphatic rings. The molecule has 0 aliphatic carbocycles. The van der Waals surface area contributed by atoms with E-state index in [4.69, 9.17) is 5.11 Å². The Bertz CT molecular complexity index is 126. The zero-order chi connectivity index (χ0) is 8.85. The van der Waals surface area contributed by atoms with Crippen molar-refractivity contribution in [1.29, 1.82) is 0 Å². The van der Waals surface area contributed by atoms with Gasteiger partial charge in [0.15, 0.2) is 0 Å². The topological polar surface area (TPSA) is 61.4 Å². The Labute approximate surface area is 67.0 Å². The molecule has 0 bridgehead atoms. The van der Waals surface area contributed by atoms with Crippen molar-refractivity contribution in [2.75, 3.05) is 13.6 Å². The first-order valence-electron chi connectivity index (χ1n) is 3.72. The minimum Gasteiger partial charge on any atom is -0.465 e. The minimum absolute atomic E-state index is 0.214. The van der Waals surface area contributed by atoms with Crippen LogP contribution in [0.15, 0.2) is 0 Å². The Hall–Kier alpha value is -0.770. The van der Waals surface area contributed by atoms with Crippen molar-refractivity contribution in [3.05, 3.63) is 0 Å². The maximum Gasteiger partial charge on any atom is 0.404 e. The van der Waals surface area contributed by atoms with E-state index in [1.807, 2.05) is 20.9 Å². The molecule has 0 aliphatic heterocycles. The number of rotatable bonds is 4. The molecule has 11 heavy (non-hydrogen) atoms. The number of likely N-dealkylation sites (N-methyl/N-ethyl adjacent to an activating group) is 1. The fourth-order valence-electron chi connectivity index (χ4n) is 0.868. The normalized spacial score (nSPS) is 13.1. The molecule has 4 heteroatoms. The van der Waals surface area contributed by atoms with E-state index in [1.165, 1.54) is 0 Å². The summed E-state index contributed by atoms with van der Waals surface area (Å²) in [5.74, 6) is 0.437. The average Bonchev–Trinajstić information content (AvgIpc) is 1.87. The molecule has 0 saturated carbocycles. The summed E-state index contributed by atoms with van der Waals surface area (Å²) in [5.41, 5.74) is 0. The molecule has 0 aromatic heterocycles. The van der Waals surface area contributed by atoms with Crippen molar-refractivity contribution >= 4 is 6.09 Å². The first kappa shape index (κ1) is 10.2. The monoisotopic (exact) mass is 160 g/mol. The zero-order valence-electron chi connectivity index (χ0n) is 7.22. The van der Waals surface area contributed by atoms with Gasteiger partial charge in [-0.05, 0) is 13.0 Å². The Balaban J connectivity index is 3.61. The maximum absolute atomic E-state index is 10.1. The molecule has 0 rings (SSSR count). The van der Waals surface area contributed by atoms with Gasteiger partial charge in [0.05, 0.1) is 0 Å². The van der Waals surface area contributed by atoms with Crippen LogP contribution in [0.4, 0.5) is 4.79 Å². The van der Waals surface area contributed by atoms with Crippen molar-refractivity contribution in [1.82, 2.24) is 10.6 Å². The van der Waals surface area contributed by atoms with Gasteiger partial charge >= 0.3 is 6.09 Å². The van der Waals surface area contributed by atoms with E-state index in [1.54, 1.807) is 0 Å². The second kappa shape index (κ2) is 4.96. The minimum atomic E-state index is -0.967. The van der Waals surface area contributed by atoms with Crippen LogP contribution in [0.3, 0.4) is 0 Å².